The zero-order chi connectivity index (χ0) is 16.7. The number of carbonyl (C=O) groups excluding carboxylic acids is 2. The molecule has 3 aliphatic rings. The minimum absolute atomic E-state index is 0.0535. The van der Waals surface area contributed by atoms with Crippen LogP contribution in [0.25, 0.3) is 0 Å². The van der Waals surface area contributed by atoms with Gasteiger partial charge in [-0.1, -0.05) is 31.2 Å². The van der Waals surface area contributed by atoms with Gasteiger partial charge in [0.15, 0.2) is 5.13 Å². The maximum absolute atomic E-state index is 12.5. The lowest BCUT2D eigenvalue weighted by molar-refractivity contribution is -0.145. The first-order valence-corrected chi connectivity index (χ1v) is 8.99. The molecule has 1 aromatic rings. The number of hydrogen-bond acceptors (Lipinski definition) is 5. The second-order valence-corrected chi connectivity index (χ2v) is 7.57. The predicted octanol–water partition coefficient (Wildman–Crippen LogP) is 2.80. The second kappa shape index (κ2) is 6.02. The zero-order valence-electron chi connectivity index (χ0n) is 13.3. The first-order valence-electron chi connectivity index (χ1n) is 8.18. The molecule has 1 amide bonds. The van der Waals surface area contributed by atoms with E-state index in [0.717, 1.165) is 25.0 Å². The quantitative estimate of drug-likeness (QED) is 0.663. The van der Waals surface area contributed by atoms with Gasteiger partial charge in [-0.25, -0.2) is 9.78 Å². The Labute approximate surface area is 144 Å². The predicted molar refractivity (Wildman–Crippen MR) is 91.7 cm³/mol. The fourth-order valence-corrected chi connectivity index (χ4v) is 4.41. The van der Waals surface area contributed by atoms with Crippen LogP contribution in [0.5, 0.6) is 0 Å². The van der Waals surface area contributed by atoms with Crippen molar-refractivity contribution >= 4 is 28.3 Å². The van der Waals surface area contributed by atoms with Gasteiger partial charge in [-0.05, 0) is 31.3 Å². The van der Waals surface area contributed by atoms with Crippen molar-refractivity contribution in [1.29, 1.82) is 0 Å². The van der Waals surface area contributed by atoms with Gasteiger partial charge in [0.05, 0.1) is 5.69 Å². The van der Waals surface area contributed by atoms with Crippen LogP contribution >= 0.6 is 11.3 Å². The van der Waals surface area contributed by atoms with Crippen LogP contribution in [0, 0.1) is 11.8 Å². The molecule has 1 N–H and O–H groups in total. The molecule has 0 saturated carbocycles. The second-order valence-electron chi connectivity index (χ2n) is 6.49. The van der Waals surface area contributed by atoms with Gasteiger partial charge in [-0.3, -0.25) is 10.1 Å². The molecule has 0 aromatic carbocycles. The lowest BCUT2D eigenvalue weighted by Crippen LogP contribution is -2.34. The summed E-state index contributed by atoms with van der Waals surface area (Å²) in [6.07, 6.45) is 11.9. The molecule has 4 rings (SSSR count). The van der Waals surface area contributed by atoms with Crippen LogP contribution < -0.4 is 5.32 Å². The van der Waals surface area contributed by atoms with Gasteiger partial charge in [0, 0.05) is 10.8 Å². The molecule has 124 valence electrons. The van der Waals surface area contributed by atoms with Crippen molar-refractivity contribution in [3.63, 3.8) is 0 Å². The first kappa shape index (κ1) is 15.3. The number of nitrogens with zero attached hydrogens (tertiary/aromatic N) is 1. The van der Waals surface area contributed by atoms with E-state index in [1.165, 1.54) is 16.2 Å². The summed E-state index contributed by atoms with van der Waals surface area (Å²) in [5, 5.41) is 3.33. The van der Waals surface area contributed by atoms with Crippen LogP contribution in [0.15, 0.2) is 36.0 Å². The molecule has 3 atom stereocenters. The minimum Gasteiger partial charge on any atom is -0.453 e. The Kier molecular flexibility index (Phi) is 3.84. The topological polar surface area (TPSA) is 68.3 Å². The van der Waals surface area contributed by atoms with Gasteiger partial charge in [-0.15, -0.1) is 11.3 Å². The Hall–Kier alpha value is -2.21. The highest BCUT2D eigenvalue weighted by Gasteiger charge is 2.33. The summed E-state index contributed by atoms with van der Waals surface area (Å²) in [6.45, 7) is 2.23. The number of anilines is 1. The molecule has 0 bridgehead atoms. The summed E-state index contributed by atoms with van der Waals surface area (Å²) < 4.78 is 5.33. The molecule has 2 aliphatic carbocycles. The monoisotopic (exact) mass is 342 g/mol. The number of hydrogen-bond donors (Lipinski definition) is 1. The van der Waals surface area contributed by atoms with Gasteiger partial charge in [0.2, 0.25) is 0 Å². The average Bonchev–Trinajstić information content (AvgIpc) is 2.95. The van der Waals surface area contributed by atoms with Crippen molar-refractivity contribution in [2.75, 3.05) is 5.32 Å². The molecular weight excluding hydrogens is 324 g/mol. The number of rotatable bonds is 2. The van der Waals surface area contributed by atoms with Gasteiger partial charge >= 0.3 is 5.97 Å². The van der Waals surface area contributed by atoms with E-state index in [1.807, 2.05) is 24.3 Å². The zero-order valence-corrected chi connectivity index (χ0v) is 14.1. The van der Waals surface area contributed by atoms with Crippen LogP contribution in [0.1, 0.15) is 23.9 Å². The number of nitrogens with one attached hydrogen (secondary N) is 1. The van der Waals surface area contributed by atoms with Crippen molar-refractivity contribution in [3.8, 4) is 0 Å². The third-order valence-corrected chi connectivity index (χ3v) is 5.63. The van der Waals surface area contributed by atoms with Gasteiger partial charge in [0.25, 0.3) is 5.91 Å². The van der Waals surface area contributed by atoms with Crippen LogP contribution in [0.3, 0.4) is 0 Å². The standard InChI is InChI=1S/C18H18N2O3S/c1-10-6-7-13-15(8-10)24-18(19-13)20-16(21)12-9-11-4-2-3-5-14(11)23-17(12)22/h2-5,9-11,14H,6-8H2,1H3,(H,19,20,21)/t10-,11-,14-/m1/s1. The van der Waals surface area contributed by atoms with Crippen LogP contribution in [0.4, 0.5) is 5.13 Å². The maximum atomic E-state index is 12.5. The van der Waals surface area contributed by atoms with Crippen molar-refractivity contribution in [1.82, 2.24) is 4.98 Å². The summed E-state index contributed by atoms with van der Waals surface area (Å²) >= 11 is 1.51. The van der Waals surface area contributed by atoms with Crippen LogP contribution in [-0.4, -0.2) is 23.0 Å². The molecule has 1 aromatic heterocycles. The fraction of sp³-hybridized carbons (Fsp3) is 0.389. The van der Waals surface area contributed by atoms with Gasteiger partial charge in [-0.2, -0.15) is 0 Å². The molecular formula is C18H18N2O3S. The normalized spacial score (nSPS) is 27.8. The largest absolute Gasteiger partial charge is 0.453 e. The number of aryl methyl sites for hydroxylation is 1. The van der Waals surface area contributed by atoms with Crippen LogP contribution in [-0.2, 0) is 27.2 Å². The van der Waals surface area contributed by atoms with E-state index >= 15 is 0 Å². The van der Waals surface area contributed by atoms with Crippen molar-refractivity contribution < 1.29 is 14.3 Å². The molecule has 0 fully saturated rings. The highest BCUT2D eigenvalue weighted by Crippen LogP contribution is 2.32. The van der Waals surface area contributed by atoms with E-state index in [-0.39, 0.29) is 17.6 Å². The third-order valence-electron chi connectivity index (χ3n) is 4.60. The van der Waals surface area contributed by atoms with E-state index in [1.54, 1.807) is 6.08 Å². The first-order chi connectivity index (χ1) is 11.6. The van der Waals surface area contributed by atoms with Crippen LogP contribution in [0.2, 0.25) is 0 Å². The number of allylic oxidation sites excluding steroid dienone is 2. The summed E-state index contributed by atoms with van der Waals surface area (Å²) in [5.74, 6) is -0.455. The molecule has 0 unspecified atom stereocenters. The Morgan fingerprint density at radius 2 is 2.21 bits per heavy atom. The highest BCUT2D eigenvalue weighted by molar-refractivity contribution is 7.15. The highest BCUT2D eigenvalue weighted by atomic mass is 32.1. The van der Waals surface area contributed by atoms with E-state index in [4.69, 9.17) is 4.74 Å². The van der Waals surface area contributed by atoms with Gasteiger partial charge in [0.1, 0.15) is 11.7 Å². The molecule has 0 radical (unpaired) electrons. The number of aromatic nitrogens is 1. The SMILES string of the molecule is C[C@@H]1CCc2nc(NC(=O)C3=C[C@H]4C=CC=C[C@H]4OC3=O)sc2C1. The summed E-state index contributed by atoms with van der Waals surface area (Å²) in [6, 6.07) is 0. The number of esters is 1. The molecule has 5 nitrogen and oxygen atoms in total. The number of ether oxygens (including phenoxy) is 1. The smallest absolute Gasteiger partial charge is 0.344 e. The van der Waals surface area contributed by atoms with Crippen molar-refractivity contribution in [2.45, 2.75) is 32.3 Å². The maximum Gasteiger partial charge on any atom is 0.344 e. The van der Waals surface area contributed by atoms with E-state index in [9.17, 15) is 9.59 Å². The Morgan fingerprint density at radius 3 is 3.08 bits per heavy atom. The minimum atomic E-state index is -0.580. The fourth-order valence-electron chi connectivity index (χ4n) is 3.25. The van der Waals surface area contributed by atoms with Crippen molar-refractivity contribution in [2.24, 2.45) is 11.8 Å². The van der Waals surface area contributed by atoms with E-state index < -0.39 is 11.9 Å². The molecule has 24 heavy (non-hydrogen) atoms. The number of fused-ring (bicyclic) bond motifs is 2. The summed E-state index contributed by atoms with van der Waals surface area (Å²) in [4.78, 5) is 30.3. The average molecular weight is 342 g/mol. The number of carbonyl (C=O) groups is 2. The molecule has 1 aliphatic heterocycles. The summed E-state index contributed by atoms with van der Waals surface area (Å²) in [5.41, 5.74) is 1.13. The summed E-state index contributed by atoms with van der Waals surface area (Å²) in [7, 11) is 0. The molecule has 0 saturated heterocycles. The Balaban J connectivity index is 1.52. The molecule has 0 spiro atoms. The van der Waals surface area contributed by atoms with E-state index in [2.05, 4.69) is 17.2 Å². The van der Waals surface area contributed by atoms with Crippen molar-refractivity contribution in [3.05, 3.63) is 46.5 Å². The number of amides is 1. The Bertz CT molecular complexity index is 790. The lowest BCUT2D eigenvalue weighted by Gasteiger charge is -2.26. The Morgan fingerprint density at radius 1 is 1.38 bits per heavy atom. The third kappa shape index (κ3) is 2.82. The van der Waals surface area contributed by atoms with Gasteiger partial charge < -0.3 is 4.74 Å². The molecule has 2 heterocycles. The lowest BCUT2D eigenvalue weighted by atomic mass is 9.92. The number of thiazole rings is 1. The molecule has 6 heteroatoms. The van der Waals surface area contributed by atoms with E-state index in [0.29, 0.717) is 11.0 Å².